The summed E-state index contributed by atoms with van der Waals surface area (Å²) in [6, 6.07) is 11.9. The molecule has 0 bridgehead atoms. The molecule has 1 amide bonds. The second kappa shape index (κ2) is 9.18. The minimum Gasteiger partial charge on any atom is -0.388 e. The van der Waals surface area contributed by atoms with Crippen molar-refractivity contribution in [3.8, 4) is 0 Å². The smallest absolute Gasteiger partial charge is 0.270 e. The van der Waals surface area contributed by atoms with Gasteiger partial charge >= 0.3 is 0 Å². The van der Waals surface area contributed by atoms with Crippen LogP contribution in [0.4, 0.5) is 0 Å². The van der Waals surface area contributed by atoms with Crippen LogP contribution in [0.5, 0.6) is 0 Å². The van der Waals surface area contributed by atoms with Crippen LogP contribution in [-0.4, -0.2) is 40.1 Å². The normalized spacial score (nSPS) is 12.7. The van der Waals surface area contributed by atoms with Gasteiger partial charge in [0.2, 0.25) is 5.78 Å². The lowest BCUT2D eigenvalue weighted by Crippen LogP contribution is -2.41. The van der Waals surface area contributed by atoms with Crippen LogP contribution in [0.2, 0.25) is 0 Å². The monoisotopic (exact) mass is 395 g/mol. The number of carbonyl (C=O) groups excluding carboxylic acids is 2. The first-order valence-corrected chi connectivity index (χ1v) is 9.74. The Bertz CT molecular complexity index is 963. The number of nitrogens with one attached hydrogen (secondary N) is 1. The van der Waals surface area contributed by atoms with E-state index in [-0.39, 0.29) is 11.5 Å². The number of para-hydroxylation sites is 1. The molecule has 0 spiro atoms. The summed E-state index contributed by atoms with van der Waals surface area (Å²) in [4.78, 5) is 38.2. The van der Waals surface area contributed by atoms with Crippen LogP contribution in [0, 0.1) is 0 Å². The van der Waals surface area contributed by atoms with Crippen LogP contribution < -0.4 is 11.1 Å². The Labute approximate surface area is 166 Å². The third-order valence-electron chi connectivity index (χ3n) is 4.04. The third-order valence-corrected chi connectivity index (χ3v) is 5.09. The van der Waals surface area contributed by atoms with Crippen molar-refractivity contribution in [1.29, 1.82) is 0 Å². The average molecular weight is 395 g/mol. The summed E-state index contributed by atoms with van der Waals surface area (Å²) in [6.07, 6.45) is 2.58. The predicted octanol–water partition coefficient (Wildman–Crippen LogP) is 2.83. The number of benzene rings is 1. The van der Waals surface area contributed by atoms with E-state index < -0.39 is 11.9 Å². The van der Waals surface area contributed by atoms with Gasteiger partial charge in [0.25, 0.3) is 5.91 Å². The molecule has 0 aliphatic heterocycles. The number of thiazole rings is 1. The number of amidine groups is 1. The van der Waals surface area contributed by atoms with E-state index in [1.807, 2.05) is 24.3 Å². The van der Waals surface area contributed by atoms with Crippen molar-refractivity contribution in [2.45, 2.75) is 25.8 Å². The van der Waals surface area contributed by atoms with Gasteiger partial charge in [-0.15, -0.1) is 11.3 Å². The highest BCUT2D eigenvalue weighted by molar-refractivity contribution is 7.20. The molecule has 1 aromatic carbocycles. The van der Waals surface area contributed by atoms with Crippen molar-refractivity contribution in [1.82, 2.24) is 15.3 Å². The summed E-state index contributed by atoms with van der Waals surface area (Å²) < 4.78 is 0.934. The number of nitrogens with zero attached hydrogens (tertiary/aromatic N) is 3. The highest BCUT2D eigenvalue weighted by Crippen LogP contribution is 2.23. The fraction of sp³-hybridized carbons (Fsp3) is 0.250. The molecule has 7 nitrogen and oxygen atoms in total. The number of nitrogens with two attached hydrogens (primary N) is 1. The summed E-state index contributed by atoms with van der Waals surface area (Å²) in [5.41, 5.74) is 6.59. The Kier molecular flexibility index (Phi) is 6.44. The highest BCUT2D eigenvalue weighted by atomic mass is 32.1. The average Bonchev–Trinajstić information content (AvgIpc) is 3.14. The number of hydrogen-bond donors (Lipinski definition) is 2. The molecule has 0 aliphatic carbocycles. The van der Waals surface area contributed by atoms with Crippen molar-refractivity contribution in [3.05, 3.63) is 59.4 Å². The Morgan fingerprint density at radius 3 is 2.71 bits per heavy atom. The minimum absolute atomic E-state index is 0.209. The molecule has 144 valence electrons. The molecule has 0 aliphatic rings. The van der Waals surface area contributed by atoms with Gasteiger partial charge in [-0.25, -0.2) is 4.98 Å². The molecular weight excluding hydrogens is 374 g/mol. The van der Waals surface area contributed by atoms with Crippen LogP contribution in [0.1, 0.15) is 40.1 Å². The molecule has 3 aromatic rings. The van der Waals surface area contributed by atoms with Crippen molar-refractivity contribution >= 4 is 39.1 Å². The second-order valence-corrected chi connectivity index (χ2v) is 7.29. The number of hydrogen-bond acceptors (Lipinski definition) is 6. The van der Waals surface area contributed by atoms with E-state index in [9.17, 15) is 9.59 Å². The maximum atomic E-state index is 13.1. The molecule has 3 rings (SSSR count). The second-order valence-electron chi connectivity index (χ2n) is 6.26. The Hall–Kier alpha value is -3.13. The maximum absolute atomic E-state index is 13.1. The largest absolute Gasteiger partial charge is 0.388 e. The number of carbonyl (C=O) groups is 2. The molecule has 0 saturated heterocycles. The molecule has 1 atom stereocenters. The van der Waals surface area contributed by atoms with E-state index >= 15 is 0 Å². The first kappa shape index (κ1) is 19.6. The lowest BCUT2D eigenvalue weighted by molar-refractivity contribution is 0.0849. The summed E-state index contributed by atoms with van der Waals surface area (Å²) in [5.74, 6) is -0.107. The first-order chi connectivity index (χ1) is 13.5. The quantitative estimate of drug-likeness (QED) is 0.264. The maximum Gasteiger partial charge on any atom is 0.270 e. The van der Waals surface area contributed by atoms with E-state index in [1.54, 1.807) is 25.1 Å². The number of rotatable bonds is 8. The van der Waals surface area contributed by atoms with Crippen molar-refractivity contribution in [3.63, 3.8) is 0 Å². The van der Waals surface area contributed by atoms with Gasteiger partial charge in [-0.2, -0.15) is 0 Å². The number of Topliss-reactive ketones (excluding diaryl/α,β-unsaturated/α-hetero) is 1. The van der Waals surface area contributed by atoms with Crippen LogP contribution in [0.15, 0.2) is 53.7 Å². The lowest BCUT2D eigenvalue weighted by Gasteiger charge is -2.16. The van der Waals surface area contributed by atoms with Crippen LogP contribution in [-0.2, 0) is 0 Å². The van der Waals surface area contributed by atoms with E-state index in [1.165, 1.54) is 17.5 Å². The number of aromatic nitrogens is 2. The highest BCUT2D eigenvalue weighted by Gasteiger charge is 2.25. The van der Waals surface area contributed by atoms with Crippen LogP contribution in [0.3, 0.4) is 0 Å². The van der Waals surface area contributed by atoms with Crippen molar-refractivity contribution in [2.75, 3.05) is 6.54 Å². The molecule has 3 N–H and O–H groups in total. The van der Waals surface area contributed by atoms with E-state index in [2.05, 4.69) is 20.3 Å². The number of pyridine rings is 1. The number of aliphatic imine (C=N–C) groups is 1. The zero-order valence-corrected chi connectivity index (χ0v) is 16.3. The van der Waals surface area contributed by atoms with Gasteiger partial charge in [0.1, 0.15) is 5.69 Å². The summed E-state index contributed by atoms with van der Waals surface area (Å²) in [6.45, 7) is 2.21. The first-order valence-electron chi connectivity index (χ1n) is 8.93. The molecule has 0 fully saturated rings. The SMILES string of the molecule is CC(N)=NCCCC(NC(=O)c1ccccn1)C(=O)c1nc2ccccc2s1. The number of ketones is 1. The molecule has 2 heterocycles. The Morgan fingerprint density at radius 2 is 2.00 bits per heavy atom. The summed E-state index contributed by atoms with van der Waals surface area (Å²) in [5, 5.41) is 3.18. The van der Waals surface area contributed by atoms with Crippen molar-refractivity contribution in [2.24, 2.45) is 10.7 Å². The van der Waals surface area contributed by atoms with Crippen molar-refractivity contribution < 1.29 is 9.59 Å². The molecule has 8 heteroatoms. The minimum atomic E-state index is -0.705. The predicted molar refractivity (Wildman–Crippen MR) is 111 cm³/mol. The van der Waals surface area contributed by atoms with E-state index in [4.69, 9.17) is 5.73 Å². The summed E-state index contributed by atoms with van der Waals surface area (Å²) >= 11 is 1.33. The van der Waals surface area contributed by atoms with Gasteiger partial charge in [-0.3, -0.25) is 19.6 Å². The fourth-order valence-electron chi connectivity index (χ4n) is 2.68. The van der Waals surface area contributed by atoms with Gasteiger partial charge in [0.15, 0.2) is 5.01 Å². The molecule has 0 saturated carbocycles. The van der Waals surface area contributed by atoms with Crippen LogP contribution >= 0.6 is 11.3 Å². The molecule has 0 radical (unpaired) electrons. The Morgan fingerprint density at radius 1 is 1.21 bits per heavy atom. The zero-order chi connectivity index (χ0) is 19.9. The molecule has 28 heavy (non-hydrogen) atoms. The van der Waals surface area contributed by atoms with Gasteiger partial charge in [-0.1, -0.05) is 18.2 Å². The molecular formula is C20H21N5O2S. The summed E-state index contributed by atoms with van der Waals surface area (Å²) in [7, 11) is 0. The zero-order valence-electron chi connectivity index (χ0n) is 15.5. The molecule has 1 unspecified atom stereocenters. The standard InChI is InChI=1S/C20H21N5O2S/c1-13(21)22-12-6-9-15(24-19(27)16-8-4-5-11-23-16)18(26)20-25-14-7-2-3-10-17(14)28-20/h2-5,7-8,10-11,15H,6,9,12H2,1H3,(H2,21,22)(H,24,27). The number of amides is 1. The van der Waals surface area contributed by atoms with Gasteiger partial charge in [0.05, 0.1) is 22.1 Å². The van der Waals surface area contributed by atoms with E-state index in [0.29, 0.717) is 30.2 Å². The van der Waals surface area contributed by atoms with Crippen LogP contribution in [0.25, 0.3) is 10.2 Å². The van der Waals surface area contributed by atoms with Gasteiger partial charge in [0, 0.05) is 12.7 Å². The Balaban J connectivity index is 1.78. The topological polar surface area (TPSA) is 110 Å². The van der Waals surface area contributed by atoms with E-state index in [0.717, 1.165) is 10.2 Å². The van der Waals surface area contributed by atoms with Gasteiger partial charge in [-0.05, 0) is 44.0 Å². The number of fused-ring (bicyclic) bond motifs is 1. The lowest BCUT2D eigenvalue weighted by atomic mass is 10.1. The molecule has 2 aromatic heterocycles. The third kappa shape index (κ3) is 4.98. The fourth-order valence-corrected chi connectivity index (χ4v) is 3.64. The van der Waals surface area contributed by atoms with Gasteiger partial charge < -0.3 is 11.1 Å².